The first-order valence-electron chi connectivity index (χ1n) is 7.41. The molecule has 1 unspecified atom stereocenters. The molecule has 3 rings (SSSR count). The summed E-state index contributed by atoms with van der Waals surface area (Å²) in [5.74, 6) is -0.265. The number of carbonyl (C=O) groups is 1. The van der Waals surface area contributed by atoms with E-state index >= 15 is 0 Å². The van der Waals surface area contributed by atoms with Crippen molar-refractivity contribution in [2.75, 3.05) is 13.1 Å². The molecule has 0 spiro atoms. The van der Waals surface area contributed by atoms with Gasteiger partial charge in [0.2, 0.25) is 0 Å². The third kappa shape index (κ3) is 3.23. The van der Waals surface area contributed by atoms with Gasteiger partial charge in [0, 0.05) is 18.7 Å². The molecule has 2 heterocycles. The van der Waals surface area contributed by atoms with E-state index in [-0.39, 0.29) is 17.2 Å². The summed E-state index contributed by atoms with van der Waals surface area (Å²) in [5, 5.41) is 10.3. The third-order valence-corrected chi connectivity index (χ3v) is 3.71. The Labute approximate surface area is 128 Å². The molecule has 114 valence electrons. The number of carbonyl (C=O) groups excluding carboxylic acids is 1. The number of nitrogens with one attached hydrogen (secondary N) is 2. The zero-order valence-electron chi connectivity index (χ0n) is 12.2. The molecular weight excluding hydrogens is 280 g/mol. The van der Waals surface area contributed by atoms with E-state index < -0.39 is 0 Å². The monoisotopic (exact) mass is 298 g/mol. The van der Waals surface area contributed by atoms with Gasteiger partial charge in [0.15, 0.2) is 0 Å². The number of rotatable bonds is 4. The predicted molar refractivity (Wildman–Crippen MR) is 83.2 cm³/mol. The van der Waals surface area contributed by atoms with E-state index in [2.05, 4.69) is 15.7 Å². The van der Waals surface area contributed by atoms with Crippen LogP contribution in [0.25, 0.3) is 5.69 Å². The Hall–Kier alpha value is -2.47. The molecule has 0 aliphatic carbocycles. The van der Waals surface area contributed by atoms with Crippen molar-refractivity contribution < 1.29 is 4.79 Å². The lowest BCUT2D eigenvalue weighted by atomic mass is 10.2. The quantitative estimate of drug-likeness (QED) is 0.872. The van der Waals surface area contributed by atoms with E-state index in [4.69, 9.17) is 0 Å². The summed E-state index contributed by atoms with van der Waals surface area (Å²) in [6.45, 7) is 1.57. The Kier molecular flexibility index (Phi) is 4.29. The number of benzene rings is 1. The summed E-state index contributed by atoms with van der Waals surface area (Å²) in [6, 6.07) is 12.2. The van der Waals surface area contributed by atoms with Crippen LogP contribution in [0, 0.1) is 0 Å². The second-order valence-electron chi connectivity index (χ2n) is 5.31. The van der Waals surface area contributed by atoms with Crippen LogP contribution in [0.15, 0.2) is 47.3 Å². The van der Waals surface area contributed by atoms with E-state index in [0.717, 1.165) is 19.4 Å². The minimum atomic E-state index is -0.265. The number of nitrogens with zero attached hydrogens (tertiary/aromatic N) is 2. The summed E-state index contributed by atoms with van der Waals surface area (Å²) >= 11 is 0. The van der Waals surface area contributed by atoms with Crippen LogP contribution >= 0.6 is 0 Å². The van der Waals surface area contributed by atoms with Gasteiger partial charge in [0.05, 0.1) is 5.69 Å². The molecule has 0 radical (unpaired) electrons. The van der Waals surface area contributed by atoms with Crippen molar-refractivity contribution in [3.05, 3.63) is 58.5 Å². The maximum Gasteiger partial charge on any atom is 0.271 e. The molecule has 1 fully saturated rings. The molecule has 2 N–H and O–H groups in total. The fourth-order valence-corrected chi connectivity index (χ4v) is 2.52. The van der Waals surface area contributed by atoms with Gasteiger partial charge in [-0.2, -0.15) is 9.78 Å². The minimum Gasteiger partial charge on any atom is -0.349 e. The zero-order valence-corrected chi connectivity index (χ0v) is 12.2. The molecular formula is C16H18N4O2. The highest BCUT2D eigenvalue weighted by atomic mass is 16.2. The van der Waals surface area contributed by atoms with Gasteiger partial charge in [0.25, 0.3) is 11.5 Å². The second kappa shape index (κ2) is 6.53. The molecule has 1 aliphatic rings. The van der Waals surface area contributed by atoms with Crippen molar-refractivity contribution in [2.45, 2.75) is 18.9 Å². The lowest BCUT2D eigenvalue weighted by molar-refractivity contribution is 0.0943. The summed E-state index contributed by atoms with van der Waals surface area (Å²) in [5.41, 5.74) is 0.612. The first-order valence-corrected chi connectivity index (χ1v) is 7.41. The molecule has 22 heavy (non-hydrogen) atoms. The van der Waals surface area contributed by atoms with E-state index in [1.54, 1.807) is 12.1 Å². The van der Waals surface area contributed by atoms with Gasteiger partial charge >= 0.3 is 0 Å². The maximum atomic E-state index is 12.2. The van der Waals surface area contributed by atoms with Gasteiger partial charge in [-0.25, -0.2) is 0 Å². The first kappa shape index (κ1) is 14.5. The third-order valence-electron chi connectivity index (χ3n) is 3.71. The predicted octanol–water partition coefficient (Wildman–Crippen LogP) is 0.714. The number of hydrogen-bond acceptors (Lipinski definition) is 4. The summed E-state index contributed by atoms with van der Waals surface area (Å²) in [6.07, 6.45) is 2.20. The fraction of sp³-hybridized carbons (Fsp3) is 0.312. The van der Waals surface area contributed by atoms with Crippen LogP contribution in [0.3, 0.4) is 0 Å². The van der Waals surface area contributed by atoms with Crippen molar-refractivity contribution in [3.8, 4) is 5.69 Å². The largest absolute Gasteiger partial charge is 0.349 e. The molecule has 1 atom stereocenters. The molecule has 0 saturated carbocycles. The highest BCUT2D eigenvalue weighted by Gasteiger charge is 2.16. The number of hydrogen-bond donors (Lipinski definition) is 2. The van der Waals surface area contributed by atoms with Crippen LogP contribution in [0.5, 0.6) is 0 Å². The lowest BCUT2D eigenvalue weighted by Crippen LogP contribution is -2.38. The van der Waals surface area contributed by atoms with Gasteiger partial charge in [-0.3, -0.25) is 9.59 Å². The smallest absolute Gasteiger partial charge is 0.271 e. The van der Waals surface area contributed by atoms with Crippen molar-refractivity contribution in [2.24, 2.45) is 0 Å². The van der Waals surface area contributed by atoms with Crippen LogP contribution in [0.1, 0.15) is 23.3 Å². The summed E-state index contributed by atoms with van der Waals surface area (Å²) < 4.78 is 1.24. The molecule has 2 aromatic rings. The second-order valence-corrected chi connectivity index (χ2v) is 5.31. The average Bonchev–Trinajstić information content (AvgIpc) is 3.07. The number of amides is 1. The Morgan fingerprint density at radius 1 is 1.27 bits per heavy atom. The van der Waals surface area contributed by atoms with E-state index in [9.17, 15) is 9.59 Å². The Balaban J connectivity index is 1.76. The Bertz CT molecular complexity index is 706. The average molecular weight is 298 g/mol. The summed E-state index contributed by atoms with van der Waals surface area (Å²) in [4.78, 5) is 24.1. The fourth-order valence-electron chi connectivity index (χ4n) is 2.52. The first-order chi connectivity index (χ1) is 10.7. The molecule has 0 bridgehead atoms. The highest BCUT2D eigenvalue weighted by Crippen LogP contribution is 2.05. The molecule has 1 aliphatic heterocycles. The molecule has 1 saturated heterocycles. The van der Waals surface area contributed by atoms with E-state index in [1.165, 1.54) is 16.8 Å². The number of aromatic nitrogens is 2. The molecule has 1 aromatic heterocycles. The lowest BCUT2D eigenvalue weighted by Gasteiger charge is -2.11. The van der Waals surface area contributed by atoms with Crippen LogP contribution in [0.2, 0.25) is 0 Å². The van der Waals surface area contributed by atoms with E-state index in [1.807, 2.05) is 18.2 Å². The van der Waals surface area contributed by atoms with E-state index in [0.29, 0.717) is 18.3 Å². The molecule has 1 aromatic carbocycles. The number of para-hydroxylation sites is 1. The highest BCUT2D eigenvalue weighted by molar-refractivity contribution is 5.92. The Morgan fingerprint density at radius 3 is 2.82 bits per heavy atom. The van der Waals surface area contributed by atoms with Crippen LogP contribution in [-0.4, -0.2) is 34.8 Å². The van der Waals surface area contributed by atoms with Crippen LogP contribution in [0.4, 0.5) is 0 Å². The Morgan fingerprint density at radius 2 is 2.09 bits per heavy atom. The van der Waals surface area contributed by atoms with Gasteiger partial charge in [-0.1, -0.05) is 18.2 Å². The minimum absolute atomic E-state index is 0.237. The van der Waals surface area contributed by atoms with Crippen LogP contribution in [-0.2, 0) is 0 Å². The molecule has 1 amide bonds. The van der Waals surface area contributed by atoms with Crippen molar-refractivity contribution >= 4 is 5.91 Å². The van der Waals surface area contributed by atoms with Crippen LogP contribution < -0.4 is 16.2 Å². The van der Waals surface area contributed by atoms with Gasteiger partial charge < -0.3 is 10.6 Å². The topological polar surface area (TPSA) is 76.0 Å². The standard InChI is InChI=1S/C16H18N4O2/c21-15-9-8-14(16(22)18-11-12-5-4-10-17-12)19-20(15)13-6-2-1-3-7-13/h1-3,6-9,12,17H,4-5,10-11H2,(H,18,22). The van der Waals surface area contributed by atoms with Crippen molar-refractivity contribution in [1.82, 2.24) is 20.4 Å². The molecule has 6 heteroatoms. The van der Waals surface area contributed by atoms with Gasteiger partial charge in [-0.15, -0.1) is 0 Å². The normalized spacial score (nSPS) is 17.4. The zero-order chi connectivity index (χ0) is 15.4. The molecule has 6 nitrogen and oxygen atoms in total. The van der Waals surface area contributed by atoms with Crippen molar-refractivity contribution in [3.63, 3.8) is 0 Å². The maximum absolute atomic E-state index is 12.2. The van der Waals surface area contributed by atoms with Gasteiger partial charge in [-0.05, 0) is 37.6 Å². The summed E-state index contributed by atoms with van der Waals surface area (Å²) in [7, 11) is 0. The SMILES string of the molecule is O=C(NCC1CCCN1)c1ccc(=O)n(-c2ccccc2)n1. The van der Waals surface area contributed by atoms with Gasteiger partial charge in [0.1, 0.15) is 5.69 Å². The van der Waals surface area contributed by atoms with Crippen molar-refractivity contribution in [1.29, 1.82) is 0 Å².